The van der Waals surface area contributed by atoms with Crippen molar-refractivity contribution in [3.8, 4) is 11.5 Å². The molecule has 0 aliphatic carbocycles. The van der Waals surface area contributed by atoms with Crippen molar-refractivity contribution in [2.45, 2.75) is 130 Å². The molecule has 4 fully saturated rings. The molecule has 4 saturated heterocycles. The number of benzene rings is 2. The number of fused-ring (bicyclic) bond motifs is 4. The minimum atomic E-state index is -0.826. The third kappa shape index (κ3) is 9.48. The van der Waals surface area contributed by atoms with E-state index in [1.54, 1.807) is 0 Å². The Hall–Kier alpha value is -0.657. The fraction of sp³-hybridized carbons (Fsp3) is 0.700. The molecule has 2 aromatic rings. The van der Waals surface area contributed by atoms with Gasteiger partial charge >= 0.3 is 37.9 Å². The summed E-state index contributed by atoms with van der Waals surface area (Å²) in [5, 5.41) is 22.2. The maximum atomic E-state index is 11.1. The van der Waals surface area contributed by atoms with Gasteiger partial charge in [-0.3, -0.25) is 19.6 Å². The van der Waals surface area contributed by atoms with Gasteiger partial charge in [-0.05, 0) is 68.9 Å². The van der Waals surface area contributed by atoms with Crippen molar-refractivity contribution in [2.75, 3.05) is 52.4 Å². The summed E-state index contributed by atoms with van der Waals surface area (Å²) in [5.74, 6) is 1.02. The topological polar surface area (TPSA) is 53.4 Å². The van der Waals surface area contributed by atoms with Crippen LogP contribution in [0.15, 0.2) is 24.3 Å². The zero-order chi connectivity index (χ0) is 36.7. The Bertz CT molecular complexity index is 1300. The summed E-state index contributed by atoms with van der Waals surface area (Å²) in [7, 11) is 9.87. The zero-order valence-corrected chi connectivity index (χ0v) is 36.4. The summed E-state index contributed by atoms with van der Waals surface area (Å²) in [6, 6.07) is 8.94. The Morgan fingerprint density at radius 3 is 0.980 bits per heavy atom. The van der Waals surface area contributed by atoms with E-state index in [2.05, 4.69) is 127 Å². The van der Waals surface area contributed by atoms with Crippen LogP contribution in [0.2, 0.25) is 0 Å². The average Bonchev–Trinajstić information content (AvgIpc) is 3.35. The number of phenols is 2. The average molecular weight is 795 g/mol. The van der Waals surface area contributed by atoms with Gasteiger partial charge in [-0.1, -0.05) is 95.2 Å². The number of hydrogen-bond acceptors (Lipinski definition) is 6. The van der Waals surface area contributed by atoms with Crippen LogP contribution in [0.25, 0.3) is 0 Å². The van der Waals surface area contributed by atoms with Gasteiger partial charge in [0.1, 0.15) is 11.5 Å². The number of hydrogen-bond donors (Lipinski definition) is 2. The van der Waals surface area contributed by atoms with E-state index < -0.39 is 20.8 Å². The molecule has 4 heterocycles. The standard InChI is InChI=1S/2C20H32N2O.2ClH.Zr/c2*1-19(2,3)14-12-15(17(23)16(13-14)20(4,5)6)18-21-8-7-9-22(18)11-10-21;;;/h2*12-13,18,23H,7-11H2,1-6H3;2*1H;/q;;;;+4/p-2. The number of rotatable bonds is 2. The predicted octanol–water partition coefficient (Wildman–Crippen LogP) is 9.39. The summed E-state index contributed by atoms with van der Waals surface area (Å²) in [4.78, 5) is 10.1. The van der Waals surface area contributed by atoms with Gasteiger partial charge in [-0.2, -0.15) is 0 Å². The third-order valence-electron chi connectivity index (χ3n) is 10.7. The molecule has 2 aromatic carbocycles. The molecule has 49 heavy (non-hydrogen) atoms. The van der Waals surface area contributed by atoms with E-state index in [4.69, 9.17) is 17.0 Å². The maximum absolute atomic E-state index is 11.1. The molecule has 9 heteroatoms. The van der Waals surface area contributed by atoms with Gasteiger partial charge in [0, 0.05) is 63.5 Å². The SMILES string of the molecule is CC(C)(C)c1cc(C2N3CCCN2CC3)c(O)c(C(C)(C)C)c1.CC(C)(C)c1cc(C2N3CCCN2CC3)c(O)c(C(C)(C)C)c1.[Cl][Zr+2][Cl]. The first-order chi connectivity index (χ1) is 22.6. The molecule has 272 valence electrons. The van der Waals surface area contributed by atoms with E-state index in [1.165, 1.54) is 24.0 Å². The molecule has 2 N–H and O–H groups in total. The second-order valence-electron chi connectivity index (χ2n) is 18.6. The van der Waals surface area contributed by atoms with E-state index >= 15 is 0 Å². The molecular weight excluding hydrogens is 731 g/mol. The first kappa shape index (κ1) is 41.1. The number of nitrogens with zero attached hydrogens (tertiary/aromatic N) is 4. The second-order valence-corrected chi connectivity index (χ2v) is 22.3. The van der Waals surface area contributed by atoms with Crippen LogP contribution in [0.5, 0.6) is 11.5 Å². The molecule has 4 aliphatic rings. The van der Waals surface area contributed by atoms with Crippen LogP contribution >= 0.6 is 17.0 Å². The number of halogens is 2. The van der Waals surface area contributed by atoms with E-state index in [-0.39, 0.29) is 34.0 Å². The monoisotopic (exact) mass is 792 g/mol. The van der Waals surface area contributed by atoms with Crippen molar-refractivity contribution in [3.05, 3.63) is 57.6 Å². The fourth-order valence-electron chi connectivity index (χ4n) is 7.86. The fourth-order valence-corrected chi connectivity index (χ4v) is 7.86. The molecule has 4 aliphatic heterocycles. The molecule has 0 saturated carbocycles. The molecule has 6 nitrogen and oxygen atoms in total. The number of aromatic hydroxyl groups is 2. The van der Waals surface area contributed by atoms with Crippen LogP contribution in [-0.4, -0.2) is 82.2 Å². The van der Waals surface area contributed by atoms with Crippen molar-refractivity contribution in [2.24, 2.45) is 0 Å². The van der Waals surface area contributed by atoms with Crippen LogP contribution < -0.4 is 0 Å². The van der Waals surface area contributed by atoms with Crippen LogP contribution in [0.4, 0.5) is 0 Å². The van der Waals surface area contributed by atoms with E-state index in [0.29, 0.717) is 11.5 Å². The Morgan fingerprint density at radius 2 is 0.755 bits per heavy atom. The van der Waals surface area contributed by atoms with Crippen LogP contribution in [0, 0.1) is 0 Å². The van der Waals surface area contributed by atoms with Gasteiger partial charge in [-0.15, -0.1) is 0 Å². The Kier molecular flexibility index (Phi) is 13.2. The van der Waals surface area contributed by atoms with Crippen LogP contribution in [-0.2, 0) is 42.5 Å². The van der Waals surface area contributed by atoms with Crippen LogP contribution in [0.3, 0.4) is 0 Å². The van der Waals surface area contributed by atoms with Crippen molar-refractivity contribution < 1.29 is 31.1 Å². The Balaban J connectivity index is 0.000000205. The molecule has 0 spiro atoms. The molecule has 4 bridgehead atoms. The summed E-state index contributed by atoms with van der Waals surface area (Å²) in [6.45, 7) is 35.7. The predicted molar refractivity (Wildman–Crippen MR) is 204 cm³/mol. The van der Waals surface area contributed by atoms with E-state index in [9.17, 15) is 10.2 Å². The van der Waals surface area contributed by atoms with Gasteiger partial charge in [0.2, 0.25) is 0 Å². The van der Waals surface area contributed by atoms with Gasteiger partial charge in [-0.25, -0.2) is 0 Å². The van der Waals surface area contributed by atoms with Crippen molar-refractivity contribution in [3.63, 3.8) is 0 Å². The van der Waals surface area contributed by atoms with E-state index in [1.807, 2.05) is 0 Å². The normalized spacial score (nSPS) is 26.7. The molecule has 6 rings (SSSR count). The zero-order valence-electron chi connectivity index (χ0n) is 32.5. The van der Waals surface area contributed by atoms with Gasteiger partial charge in [0.05, 0.1) is 12.3 Å². The summed E-state index contributed by atoms with van der Waals surface area (Å²) in [5.41, 5.74) is 7.07. The van der Waals surface area contributed by atoms with Gasteiger partial charge in [0.15, 0.2) is 0 Å². The minimum absolute atomic E-state index is 0.0571. The quantitative estimate of drug-likeness (QED) is 0.316. The molecule has 0 aromatic heterocycles. The molecule has 4 unspecified atom stereocenters. The summed E-state index contributed by atoms with van der Waals surface area (Å²) < 4.78 is 0. The van der Waals surface area contributed by atoms with E-state index in [0.717, 1.165) is 74.6 Å². The summed E-state index contributed by atoms with van der Waals surface area (Å²) in [6.07, 6.45) is 2.99. The van der Waals surface area contributed by atoms with Crippen molar-refractivity contribution in [1.29, 1.82) is 0 Å². The Morgan fingerprint density at radius 1 is 0.490 bits per heavy atom. The van der Waals surface area contributed by atoms with Crippen molar-refractivity contribution >= 4 is 17.0 Å². The Labute approximate surface area is 317 Å². The third-order valence-corrected chi connectivity index (χ3v) is 10.7. The first-order valence-electron chi connectivity index (χ1n) is 18.3. The number of phenolic OH excluding ortho intramolecular Hbond substituents is 2. The first-order valence-corrected chi connectivity index (χ1v) is 24.6. The summed E-state index contributed by atoms with van der Waals surface area (Å²) >= 11 is -0.826. The van der Waals surface area contributed by atoms with Crippen LogP contribution in [0.1, 0.15) is 142 Å². The molecule has 4 atom stereocenters. The van der Waals surface area contributed by atoms with Gasteiger partial charge < -0.3 is 10.2 Å². The van der Waals surface area contributed by atoms with Gasteiger partial charge in [0.25, 0.3) is 0 Å². The molecular formula is C40H64Cl2N4O2Zr+2. The second kappa shape index (κ2) is 15.8. The molecule has 0 radical (unpaired) electrons. The molecule has 0 amide bonds. The van der Waals surface area contributed by atoms with Crippen molar-refractivity contribution in [1.82, 2.24) is 19.6 Å².